The fraction of sp³-hybridized carbons (Fsp3) is 0.714. The van der Waals surface area contributed by atoms with Crippen LogP contribution in [0.1, 0.15) is 44.5 Å². The van der Waals surface area contributed by atoms with E-state index in [1.54, 1.807) is 0 Å². The highest BCUT2D eigenvalue weighted by Crippen LogP contribution is 2.36. The van der Waals surface area contributed by atoms with Gasteiger partial charge in [0.15, 0.2) is 0 Å². The van der Waals surface area contributed by atoms with E-state index in [0.29, 0.717) is 5.25 Å². The first kappa shape index (κ1) is 15.0. The van der Waals surface area contributed by atoms with Gasteiger partial charge >= 0.3 is 0 Å². The minimum absolute atomic E-state index is 0.0638. The molecule has 0 saturated carbocycles. The molecule has 1 N–H and O–H groups in total. The van der Waals surface area contributed by atoms with Crippen molar-refractivity contribution in [1.82, 2.24) is 9.97 Å². The van der Waals surface area contributed by atoms with Crippen LogP contribution in [0, 0.1) is 0 Å². The summed E-state index contributed by atoms with van der Waals surface area (Å²) in [5.74, 6) is 5.55. The van der Waals surface area contributed by atoms with Crippen LogP contribution in [-0.4, -0.2) is 33.8 Å². The standard InChI is InChI=1S/C14H23N3S2/c1-5-15-12-8-11(14(2,3)4)16-13(17-12)10-9-18-6-7-19-10/h8,10H,5-7,9H2,1-4H3,(H,15,16,17). The van der Waals surface area contributed by atoms with E-state index in [1.165, 1.54) is 11.5 Å². The Bertz CT molecular complexity index is 423. The second-order valence-corrected chi connectivity index (χ2v) is 8.17. The van der Waals surface area contributed by atoms with Crippen LogP contribution in [-0.2, 0) is 5.41 Å². The fourth-order valence-electron chi connectivity index (χ4n) is 1.90. The molecule has 1 fully saturated rings. The normalized spacial score (nSPS) is 20.3. The second kappa shape index (κ2) is 6.35. The van der Waals surface area contributed by atoms with Crippen molar-refractivity contribution in [3.8, 4) is 0 Å². The highest BCUT2D eigenvalue weighted by Gasteiger charge is 2.23. The molecule has 1 aliphatic heterocycles. The van der Waals surface area contributed by atoms with Gasteiger partial charge in [-0.3, -0.25) is 0 Å². The lowest BCUT2D eigenvalue weighted by atomic mass is 9.92. The summed E-state index contributed by atoms with van der Waals surface area (Å²) in [4.78, 5) is 9.53. The summed E-state index contributed by atoms with van der Waals surface area (Å²) in [6, 6.07) is 2.09. The third-order valence-electron chi connectivity index (χ3n) is 2.97. The van der Waals surface area contributed by atoms with Gasteiger partial charge in [0.05, 0.1) is 10.9 Å². The maximum absolute atomic E-state index is 4.83. The van der Waals surface area contributed by atoms with Crippen LogP contribution >= 0.6 is 23.5 Å². The number of nitrogens with one attached hydrogen (secondary N) is 1. The Labute approximate surface area is 124 Å². The number of thioether (sulfide) groups is 2. The minimum atomic E-state index is 0.0638. The van der Waals surface area contributed by atoms with Gasteiger partial charge in [-0.25, -0.2) is 9.97 Å². The maximum Gasteiger partial charge on any atom is 0.144 e. The molecule has 0 radical (unpaired) electrons. The van der Waals surface area contributed by atoms with E-state index in [1.807, 2.05) is 23.5 Å². The maximum atomic E-state index is 4.83. The third-order valence-corrected chi connectivity index (χ3v) is 5.72. The molecular weight excluding hydrogens is 274 g/mol. The Kier molecular flexibility index (Phi) is 5.01. The Morgan fingerprint density at radius 1 is 1.32 bits per heavy atom. The molecule has 2 heterocycles. The Hall–Kier alpha value is -0.420. The average Bonchev–Trinajstić information content (AvgIpc) is 2.39. The third kappa shape index (κ3) is 4.02. The van der Waals surface area contributed by atoms with Crippen molar-refractivity contribution in [3.63, 3.8) is 0 Å². The first-order chi connectivity index (χ1) is 9.00. The quantitative estimate of drug-likeness (QED) is 0.920. The SMILES string of the molecule is CCNc1cc(C(C)(C)C)nc(C2CSCCS2)n1. The number of hydrogen-bond acceptors (Lipinski definition) is 5. The summed E-state index contributed by atoms with van der Waals surface area (Å²) in [5.41, 5.74) is 1.19. The first-order valence-corrected chi connectivity index (χ1v) is 9.03. The summed E-state index contributed by atoms with van der Waals surface area (Å²) in [7, 11) is 0. The van der Waals surface area contributed by atoms with Gasteiger partial charge in [-0.1, -0.05) is 20.8 Å². The largest absolute Gasteiger partial charge is 0.370 e. The molecule has 1 aromatic rings. The van der Waals surface area contributed by atoms with Crippen LogP contribution in [0.15, 0.2) is 6.07 Å². The van der Waals surface area contributed by atoms with Crippen molar-refractivity contribution in [1.29, 1.82) is 0 Å². The molecule has 0 spiro atoms. The average molecular weight is 297 g/mol. The molecule has 0 amide bonds. The van der Waals surface area contributed by atoms with Crippen molar-refractivity contribution in [2.24, 2.45) is 0 Å². The molecule has 2 rings (SSSR count). The fourth-order valence-corrected chi connectivity index (χ4v) is 4.50. The van der Waals surface area contributed by atoms with Gasteiger partial charge in [-0.05, 0) is 6.92 Å². The van der Waals surface area contributed by atoms with Crippen LogP contribution in [0.3, 0.4) is 0 Å². The van der Waals surface area contributed by atoms with Gasteiger partial charge in [-0.2, -0.15) is 11.8 Å². The molecule has 5 heteroatoms. The first-order valence-electron chi connectivity index (χ1n) is 6.83. The topological polar surface area (TPSA) is 37.8 Å². The molecule has 1 unspecified atom stereocenters. The monoisotopic (exact) mass is 297 g/mol. The van der Waals surface area contributed by atoms with Gasteiger partial charge in [0.1, 0.15) is 11.6 Å². The molecule has 0 aromatic carbocycles. The minimum Gasteiger partial charge on any atom is -0.370 e. The van der Waals surface area contributed by atoms with Crippen molar-refractivity contribution in [2.75, 3.05) is 29.1 Å². The molecule has 106 valence electrons. The van der Waals surface area contributed by atoms with Crippen LogP contribution in [0.25, 0.3) is 0 Å². The number of aromatic nitrogens is 2. The van der Waals surface area contributed by atoms with E-state index < -0.39 is 0 Å². The van der Waals surface area contributed by atoms with Crippen molar-refractivity contribution >= 4 is 29.3 Å². The summed E-state index contributed by atoms with van der Waals surface area (Å²) < 4.78 is 0. The molecule has 1 atom stereocenters. The molecular formula is C14H23N3S2. The van der Waals surface area contributed by atoms with Gasteiger partial charge in [-0.15, -0.1) is 11.8 Å². The smallest absolute Gasteiger partial charge is 0.144 e. The zero-order valence-electron chi connectivity index (χ0n) is 12.2. The zero-order valence-corrected chi connectivity index (χ0v) is 13.8. The molecule has 1 saturated heterocycles. The lowest BCUT2D eigenvalue weighted by Gasteiger charge is -2.24. The number of hydrogen-bond donors (Lipinski definition) is 1. The Balaban J connectivity index is 2.33. The van der Waals surface area contributed by atoms with Crippen molar-refractivity contribution in [3.05, 3.63) is 17.6 Å². The van der Waals surface area contributed by atoms with Crippen LogP contribution in [0.4, 0.5) is 5.82 Å². The zero-order chi connectivity index (χ0) is 13.9. The van der Waals surface area contributed by atoms with Crippen LogP contribution in [0.5, 0.6) is 0 Å². The summed E-state index contributed by atoms with van der Waals surface area (Å²) in [5, 5.41) is 3.78. The van der Waals surface area contributed by atoms with Gasteiger partial charge in [0, 0.05) is 35.3 Å². The lowest BCUT2D eigenvalue weighted by Crippen LogP contribution is -2.19. The molecule has 1 aromatic heterocycles. The summed E-state index contributed by atoms with van der Waals surface area (Å²) in [6.07, 6.45) is 0. The van der Waals surface area contributed by atoms with Crippen molar-refractivity contribution < 1.29 is 0 Å². The molecule has 0 bridgehead atoms. The molecule has 0 aliphatic carbocycles. The van der Waals surface area contributed by atoms with Gasteiger partial charge < -0.3 is 5.32 Å². The number of anilines is 1. The summed E-state index contributed by atoms with van der Waals surface area (Å²) in [6.45, 7) is 9.61. The van der Waals surface area contributed by atoms with Crippen molar-refractivity contribution in [2.45, 2.75) is 38.4 Å². The molecule has 19 heavy (non-hydrogen) atoms. The van der Waals surface area contributed by atoms with Crippen LogP contribution in [0.2, 0.25) is 0 Å². The second-order valence-electron chi connectivity index (χ2n) is 5.71. The van der Waals surface area contributed by atoms with E-state index in [0.717, 1.165) is 29.6 Å². The number of nitrogens with zero attached hydrogens (tertiary/aromatic N) is 2. The highest BCUT2D eigenvalue weighted by atomic mass is 32.2. The van der Waals surface area contributed by atoms with E-state index in [9.17, 15) is 0 Å². The Morgan fingerprint density at radius 2 is 2.11 bits per heavy atom. The van der Waals surface area contributed by atoms with Crippen LogP contribution < -0.4 is 5.32 Å². The Morgan fingerprint density at radius 3 is 2.68 bits per heavy atom. The van der Waals surface area contributed by atoms with E-state index >= 15 is 0 Å². The predicted octanol–water partition coefficient (Wildman–Crippen LogP) is 3.73. The van der Waals surface area contributed by atoms with Gasteiger partial charge in [0.25, 0.3) is 0 Å². The van der Waals surface area contributed by atoms with E-state index in [-0.39, 0.29) is 5.41 Å². The molecule has 3 nitrogen and oxygen atoms in total. The highest BCUT2D eigenvalue weighted by molar-refractivity contribution is 8.06. The lowest BCUT2D eigenvalue weighted by molar-refractivity contribution is 0.562. The summed E-state index contributed by atoms with van der Waals surface area (Å²) >= 11 is 4.00. The van der Waals surface area contributed by atoms with Gasteiger partial charge in [0.2, 0.25) is 0 Å². The van der Waals surface area contributed by atoms with E-state index in [4.69, 9.17) is 9.97 Å². The van der Waals surface area contributed by atoms with E-state index in [2.05, 4.69) is 39.1 Å². The predicted molar refractivity (Wildman–Crippen MR) is 87.4 cm³/mol. The molecule has 1 aliphatic rings. The number of rotatable bonds is 3.